The van der Waals surface area contributed by atoms with Gasteiger partial charge in [0.1, 0.15) is 17.8 Å². The smallest absolute Gasteiger partial charge is 0.497 e. The predicted octanol–water partition coefficient (Wildman–Crippen LogP) is 2.97. The Kier molecular flexibility index (Phi) is 5.61. The van der Waals surface area contributed by atoms with Gasteiger partial charge in [0.25, 0.3) is 5.56 Å². The van der Waals surface area contributed by atoms with Crippen molar-refractivity contribution in [1.82, 2.24) is 9.66 Å². The molecular weight excluding hydrogens is 427 g/mol. The summed E-state index contributed by atoms with van der Waals surface area (Å²) in [6.45, 7) is 1.47. The van der Waals surface area contributed by atoms with Crippen LogP contribution in [0.2, 0.25) is 0 Å². The van der Waals surface area contributed by atoms with Crippen LogP contribution in [0.15, 0.2) is 52.4 Å². The molecule has 8 nitrogen and oxygen atoms in total. The highest BCUT2D eigenvalue weighted by Gasteiger charge is 2.31. The first-order chi connectivity index (χ1) is 14.0. The minimum absolute atomic E-state index is 0.0437. The lowest BCUT2D eigenvalue weighted by Crippen LogP contribution is -2.27. The molecule has 3 aromatic rings. The van der Waals surface area contributed by atoms with Crippen LogP contribution in [0.3, 0.4) is 0 Å². The molecule has 0 saturated carbocycles. The van der Waals surface area contributed by atoms with Gasteiger partial charge in [-0.3, -0.25) is 10.2 Å². The van der Waals surface area contributed by atoms with Crippen molar-refractivity contribution in [3.8, 4) is 11.5 Å². The summed E-state index contributed by atoms with van der Waals surface area (Å²) < 4.78 is 72.0. The second-order valence-corrected chi connectivity index (χ2v) is 8.27. The van der Waals surface area contributed by atoms with E-state index in [1.165, 1.54) is 38.3 Å². The standard InChI is InChI=1S/C18H16F3N3O5S/c1-3-30(26,27)16-7-5-11(28-2)9-15(16)23-24-10-22-14-6-4-12(29-18(19,20)21)8-13(14)17(24)25/h4-10,23H,3H2,1-2H3. The summed E-state index contributed by atoms with van der Waals surface area (Å²) in [7, 11) is -2.27. The largest absolute Gasteiger partial charge is 0.573 e. The fourth-order valence-electron chi connectivity index (χ4n) is 2.66. The molecule has 12 heteroatoms. The Morgan fingerprint density at radius 1 is 1.13 bits per heavy atom. The number of alkyl halides is 3. The Morgan fingerprint density at radius 3 is 2.47 bits per heavy atom. The second-order valence-electron chi connectivity index (χ2n) is 6.02. The van der Waals surface area contributed by atoms with Gasteiger partial charge >= 0.3 is 6.36 Å². The van der Waals surface area contributed by atoms with Crippen molar-refractivity contribution in [3.63, 3.8) is 0 Å². The van der Waals surface area contributed by atoms with Crippen LogP contribution < -0.4 is 20.5 Å². The third kappa shape index (κ3) is 4.48. The Labute approximate surface area is 168 Å². The number of nitrogens with zero attached hydrogens (tertiary/aromatic N) is 2. The molecule has 0 bridgehead atoms. The Hall–Kier alpha value is -3.28. The molecule has 0 unspecified atom stereocenters. The van der Waals surface area contributed by atoms with E-state index < -0.39 is 27.5 Å². The summed E-state index contributed by atoms with van der Waals surface area (Å²) in [6.07, 6.45) is -3.83. The molecule has 0 aliphatic heterocycles. The van der Waals surface area contributed by atoms with Crippen molar-refractivity contribution in [2.75, 3.05) is 18.3 Å². The van der Waals surface area contributed by atoms with Gasteiger partial charge in [-0.2, -0.15) is 0 Å². The van der Waals surface area contributed by atoms with Crippen molar-refractivity contribution in [2.24, 2.45) is 0 Å². The fraction of sp³-hybridized carbons (Fsp3) is 0.222. The zero-order valence-electron chi connectivity index (χ0n) is 15.7. The molecule has 160 valence electrons. The maximum absolute atomic E-state index is 12.8. The molecule has 3 rings (SSSR count). The van der Waals surface area contributed by atoms with E-state index in [2.05, 4.69) is 15.1 Å². The van der Waals surface area contributed by atoms with E-state index in [1.54, 1.807) is 0 Å². The molecule has 0 fully saturated rings. The number of fused-ring (bicyclic) bond motifs is 1. The van der Waals surface area contributed by atoms with E-state index in [4.69, 9.17) is 4.74 Å². The minimum Gasteiger partial charge on any atom is -0.497 e. The van der Waals surface area contributed by atoms with Gasteiger partial charge in [0.2, 0.25) is 0 Å². The number of hydrogen-bond donors (Lipinski definition) is 1. The topological polar surface area (TPSA) is 99.5 Å². The number of sulfone groups is 1. The molecule has 0 radical (unpaired) electrons. The van der Waals surface area contributed by atoms with Gasteiger partial charge in [-0.15, -0.1) is 13.2 Å². The van der Waals surface area contributed by atoms with Crippen LogP contribution in [-0.2, 0) is 9.84 Å². The van der Waals surface area contributed by atoms with E-state index in [-0.39, 0.29) is 27.2 Å². The highest BCUT2D eigenvalue weighted by Crippen LogP contribution is 2.28. The quantitative estimate of drug-likeness (QED) is 0.625. The molecule has 0 amide bonds. The van der Waals surface area contributed by atoms with Crippen LogP contribution in [0.1, 0.15) is 6.92 Å². The van der Waals surface area contributed by atoms with Gasteiger partial charge < -0.3 is 9.47 Å². The van der Waals surface area contributed by atoms with E-state index >= 15 is 0 Å². The summed E-state index contributed by atoms with van der Waals surface area (Å²) in [4.78, 5) is 16.7. The van der Waals surface area contributed by atoms with Gasteiger partial charge in [-0.25, -0.2) is 18.1 Å². The Bertz CT molecular complexity index is 1260. The van der Waals surface area contributed by atoms with Gasteiger partial charge in [0, 0.05) is 6.07 Å². The van der Waals surface area contributed by atoms with Crippen molar-refractivity contribution in [1.29, 1.82) is 0 Å². The fourth-order valence-corrected chi connectivity index (χ4v) is 3.68. The van der Waals surface area contributed by atoms with Crippen molar-refractivity contribution >= 4 is 26.4 Å². The number of methoxy groups -OCH3 is 1. The lowest BCUT2D eigenvalue weighted by molar-refractivity contribution is -0.274. The average Bonchev–Trinajstić information content (AvgIpc) is 2.69. The maximum atomic E-state index is 12.8. The van der Waals surface area contributed by atoms with Crippen LogP contribution in [0.5, 0.6) is 11.5 Å². The number of rotatable bonds is 6. The van der Waals surface area contributed by atoms with Crippen molar-refractivity contribution < 1.29 is 31.1 Å². The number of hydrogen-bond acceptors (Lipinski definition) is 7. The average molecular weight is 443 g/mol. The molecule has 0 aliphatic rings. The number of nitrogens with one attached hydrogen (secondary N) is 1. The molecule has 0 spiro atoms. The number of ether oxygens (including phenoxy) is 2. The molecule has 2 aromatic carbocycles. The van der Waals surface area contributed by atoms with Gasteiger partial charge in [0.15, 0.2) is 9.84 Å². The zero-order chi connectivity index (χ0) is 22.1. The normalized spacial score (nSPS) is 12.0. The third-order valence-electron chi connectivity index (χ3n) is 4.11. The van der Waals surface area contributed by atoms with E-state index in [9.17, 15) is 26.4 Å². The monoisotopic (exact) mass is 443 g/mol. The summed E-state index contributed by atoms with van der Waals surface area (Å²) in [6, 6.07) is 7.31. The van der Waals surface area contributed by atoms with Gasteiger partial charge in [-0.05, 0) is 30.3 Å². The van der Waals surface area contributed by atoms with Crippen molar-refractivity contribution in [2.45, 2.75) is 18.2 Å². The molecule has 1 aromatic heterocycles. The second kappa shape index (κ2) is 7.86. The predicted molar refractivity (Wildman–Crippen MR) is 102 cm³/mol. The molecule has 0 aliphatic carbocycles. The molecule has 1 heterocycles. The number of benzene rings is 2. The van der Waals surface area contributed by atoms with Crippen molar-refractivity contribution in [3.05, 3.63) is 53.1 Å². The highest BCUT2D eigenvalue weighted by molar-refractivity contribution is 7.91. The number of halogens is 3. The summed E-state index contributed by atoms with van der Waals surface area (Å²) >= 11 is 0. The Balaban J connectivity index is 2.10. The van der Waals surface area contributed by atoms with E-state index in [0.717, 1.165) is 23.1 Å². The zero-order valence-corrected chi connectivity index (χ0v) is 16.5. The van der Waals surface area contributed by atoms with E-state index in [1.807, 2.05) is 0 Å². The number of anilines is 1. The maximum Gasteiger partial charge on any atom is 0.573 e. The minimum atomic E-state index is -4.92. The summed E-state index contributed by atoms with van der Waals surface area (Å²) in [5.41, 5.74) is 2.06. The van der Waals surface area contributed by atoms with Gasteiger partial charge in [0.05, 0.1) is 34.3 Å². The van der Waals surface area contributed by atoms with Crippen LogP contribution in [-0.4, -0.2) is 37.3 Å². The molecule has 1 N–H and O–H groups in total. The molecule has 0 atom stereocenters. The molecule has 30 heavy (non-hydrogen) atoms. The van der Waals surface area contributed by atoms with Crippen LogP contribution in [0.4, 0.5) is 18.9 Å². The molecule has 0 saturated heterocycles. The first-order valence-corrected chi connectivity index (χ1v) is 10.1. The lowest BCUT2D eigenvalue weighted by atomic mass is 10.2. The highest BCUT2D eigenvalue weighted by atomic mass is 32.2. The van der Waals surface area contributed by atoms with Crippen LogP contribution in [0.25, 0.3) is 10.9 Å². The summed E-state index contributed by atoms with van der Waals surface area (Å²) in [5.74, 6) is -0.436. The SMILES string of the molecule is CCS(=O)(=O)c1ccc(OC)cc1Nn1cnc2ccc(OC(F)(F)F)cc2c1=O. The third-order valence-corrected chi connectivity index (χ3v) is 5.89. The summed E-state index contributed by atoms with van der Waals surface area (Å²) in [5, 5.41) is -0.158. The Morgan fingerprint density at radius 2 is 1.83 bits per heavy atom. The number of aromatic nitrogens is 2. The molecular formula is C18H16F3N3O5S. The first kappa shape index (κ1) is 21.4. The van der Waals surface area contributed by atoms with Crippen LogP contribution in [0, 0.1) is 0 Å². The van der Waals surface area contributed by atoms with Crippen LogP contribution >= 0.6 is 0 Å². The van der Waals surface area contributed by atoms with E-state index in [0.29, 0.717) is 5.75 Å². The van der Waals surface area contributed by atoms with Gasteiger partial charge in [-0.1, -0.05) is 6.92 Å². The lowest BCUT2D eigenvalue weighted by Gasteiger charge is -2.15. The first-order valence-electron chi connectivity index (χ1n) is 8.49.